The fourth-order valence-electron chi connectivity index (χ4n) is 2.12. The van der Waals surface area contributed by atoms with Crippen molar-refractivity contribution in [2.75, 3.05) is 19.8 Å². The Kier molecular flexibility index (Phi) is 5.36. The minimum absolute atomic E-state index is 0.00630. The van der Waals surface area contributed by atoms with Gasteiger partial charge in [-0.3, -0.25) is 0 Å². The van der Waals surface area contributed by atoms with Crippen LogP contribution in [-0.4, -0.2) is 30.8 Å². The topological polar surface area (TPSA) is 71.7 Å². The van der Waals surface area contributed by atoms with Gasteiger partial charge in [-0.25, -0.2) is 4.79 Å². The molecule has 0 bridgehead atoms. The highest BCUT2D eigenvalue weighted by molar-refractivity contribution is 5.95. The van der Waals surface area contributed by atoms with Gasteiger partial charge in [0.2, 0.25) is 5.76 Å². The van der Waals surface area contributed by atoms with Crippen molar-refractivity contribution in [3.8, 4) is 0 Å². The molecule has 21 heavy (non-hydrogen) atoms. The van der Waals surface area contributed by atoms with Crippen LogP contribution in [0.1, 0.15) is 30.0 Å². The van der Waals surface area contributed by atoms with E-state index in [-0.39, 0.29) is 5.76 Å². The van der Waals surface area contributed by atoms with Crippen molar-refractivity contribution >= 4 is 16.9 Å². The predicted molar refractivity (Wildman–Crippen MR) is 80.5 cm³/mol. The minimum atomic E-state index is -1.04. The van der Waals surface area contributed by atoms with Crippen LogP contribution in [0.15, 0.2) is 28.7 Å². The van der Waals surface area contributed by atoms with E-state index < -0.39 is 5.97 Å². The molecule has 2 rings (SSSR count). The van der Waals surface area contributed by atoms with E-state index >= 15 is 0 Å². The Morgan fingerprint density at radius 1 is 1.38 bits per heavy atom. The maximum Gasteiger partial charge on any atom is 0.372 e. The third-order valence-corrected chi connectivity index (χ3v) is 3.07. The molecule has 0 aliphatic heterocycles. The maximum atomic E-state index is 11.3. The molecule has 0 saturated carbocycles. The van der Waals surface area contributed by atoms with E-state index in [2.05, 4.69) is 19.2 Å². The number of furan rings is 1. The number of aromatic carboxylic acids is 1. The van der Waals surface area contributed by atoms with Crippen molar-refractivity contribution in [1.29, 1.82) is 0 Å². The molecule has 0 unspecified atom stereocenters. The SMILES string of the molecule is CC(C)COCCNCc1c(C(=O)O)oc2ccccc12. The summed E-state index contributed by atoms with van der Waals surface area (Å²) in [4.78, 5) is 11.3. The number of carboxylic acid groups (broad SMARTS) is 1. The van der Waals surface area contributed by atoms with Crippen LogP contribution in [0.5, 0.6) is 0 Å². The van der Waals surface area contributed by atoms with E-state index in [0.717, 1.165) is 12.0 Å². The Balaban J connectivity index is 1.97. The zero-order chi connectivity index (χ0) is 15.2. The summed E-state index contributed by atoms with van der Waals surface area (Å²) < 4.78 is 10.9. The van der Waals surface area contributed by atoms with Gasteiger partial charge in [0.25, 0.3) is 0 Å². The first-order valence-corrected chi connectivity index (χ1v) is 7.11. The van der Waals surface area contributed by atoms with E-state index in [1.165, 1.54) is 0 Å². The fraction of sp³-hybridized carbons (Fsp3) is 0.438. The Hall–Kier alpha value is -1.85. The summed E-state index contributed by atoms with van der Waals surface area (Å²) in [7, 11) is 0. The Bertz CT molecular complexity index is 603. The van der Waals surface area contributed by atoms with Crippen molar-refractivity contribution in [2.24, 2.45) is 5.92 Å². The number of ether oxygens (including phenoxy) is 1. The first kappa shape index (κ1) is 15.5. The summed E-state index contributed by atoms with van der Waals surface area (Å²) in [5, 5.41) is 13.3. The molecular weight excluding hydrogens is 270 g/mol. The summed E-state index contributed by atoms with van der Waals surface area (Å²) in [6.45, 7) is 6.66. The molecule has 0 spiro atoms. The molecule has 1 aromatic heterocycles. The second kappa shape index (κ2) is 7.24. The lowest BCUT2D eigenvalue weighted by atomic mass is 10.1. The molecule has 5 nitrogen and oxygen atoms in total. The number of hydrogen-bond acceptors (Lipinski definition) is 4. The van der Waals surface area contributed by atoms with Gasteiger partial charge in [0.1, 0.15) is 5.58 Å². The average molecular weight is 291 g/mol. The second-order valence-electron chi connectivity index (χ2n) is 5.36. The molecule has 0 aliphatic carbocycles. The first-order valence-electron chi connectivity index (χ1n) is 7.11. The molecule has 5 heteroatoms. The quantitative estimate of drug-likeness (QED) is 0.732. The van der Waals surface area contributed by atoms with E-state index in [0.29, 0.717) is 36.8 Å². The summed E-state index contributed by atoms with van der Waals surface area (Å²) in [6, 6.07) is 7.35. The summed E-state index contributed by atoms with van der Waals surface area (Å²) in [5.41, 5.74) is 1.28. The molecule has 0 saturated heterocycles. The third-order valence-electron chi connectivity index (χ3n) is 3.07. The molecule has 114 valence electrons. The number of fused-ring (bicyclic) bond motifs is 1. The van der Waals surface area contributed by atoms with Crippen LogP contribution in [0.4, 0.5) is 0 Å². The number of benzene rings is 1. The number of hydrogen-bond donors (Lipinski definition) is 2. The smallest absolute Gasteiger partial charge is 0.372 e. The van der Waals surface area contributed by atoms with Crippen molar-refractivity contribution in [3.63, 3.8) is 0 Å². The van der Waals surface area contributed by atoms with Gasteiger partial charge in [-0.1, -0.05) is 32.0 Å². The molecular formula is C16H21NO4. The largest absolute Gasteiger partial charge is 0.475 e. The second-order valence-corrected chi connectivity index (χ2v) is 5.36. The molecule has 0 radical (unpaired) electrons. The molecule has 1 heterocycles. The van der Waals surface area contributed by atoms with Crippen LogP contribution in [0.2, 0.25) is 0 Å². The summed E-state index contributed by atoms with van der Waals surface area (Å²) >= 11 is 0. The Labute approximate surface area is 123 Å². The third kappa shape index (κ3) is 4.06. The van der Waals surface area contributed by atoms with E-state index in [1.54, 1.807) is 6.07 Å². The lowest BCUT2D eigenvalue weighted by Gasteiger charge is -2.07. The normalized spacial score (nSPS) is 11.4. The van der Waals surface area contributed by atoms with E-state index in [4.69, 9.17) is 9.15 Å². The van der Waals surface area contributed by atoms with Crippen LogP contribution in [0.3, 0.4) is 0 Å². The van der Waals surface area contributed by atoms with Gasteiger partial charge >= 0.3 is 5.97 Å². The summed E-state index contributed by atoms with van der Waals surface area (Å²) in [6.07, 6.45) is 0. The highest BCUT2D eigenvalue weighted by Gasteiger charge is 2.18. The standard InChI is InChI=1S/C16H21NO4/c1-11(2)10-20-8-7-17-9-13-12-5-3-4-6-14(12)21-15(13)16(18)19/h3-6,11,17H,7-10H2,1-2H3,(H,18,19). The van der Waals surface area contributed by atoms with Crippen LogP contribution in [0.25, 0.3) is 11.0 Å². The van der Waals surface area contributed by atoms with Crippen LogP contribution in [-0.2, 0) is 11.3 Å². The van der Waals surface area contributed by atoms with Gasteiger partial charge in [0.05, 0.1) is 6.61 Å². The predicted octanol–water partition coefficient (Wildman–Crippen LogP) is 2.89. The monoisotopic (exact) mass is 291 g/mol. The molecule has 2 N–H and O–H groups in total. The van der Waals surface area contributed by atoms with E-state index in [1.807, 2.05) is 18.2 Å². The number of rotatable bonds is 8. The van der Waals surface area contributed by atoms with Crippen LogP contribution >= 0.6 is 0 Å². The van der Waals surface area contributed by atoms with Gasteiger partial charge in [0, 0.05) is 30.6 Å². The van der Waals surface area contributed by atoms with Gasteiger partial charge in [-0.05, 0) is 12.0 Å². The first-order chi connectivity index (χ1) is 10.1. The number of nitrogens with one attached hydrogen (secondary N) is 1. The number of carbonyl (C=O) groups is 1. The maximum absolute atomic E-state index is 11.3. The number of para-hydroxylation sites is 1. The van der Waals surface area contributed by atoms with Gasteiger partial charge in [0.15, 0.2) is 0 Å². The number of carboxylic acids is 1. The lowest BCUT2D eigenvalue weighted by molar-refractivity contribution is 0.0663. The van der Waals surface area contributed by atoms with Crippen LogP contribution < -0.4 is 5.32 Å². The Morgan fingerprint density at radius 3 is 2.86 bits per heavy atom. The van der Waals surface area contributed by atoms with Gasteiger partial charge in [-0.15, -0.1) is 0 Å². The van der Waals surface area contributed by atoms with Gasteiger partial charge < -0.3 is 19.6 Å². The molecule has 1 aromatic carbocycles. The Morgan fingerprint density at radius 2 is 2.14 bits per heavy atom. The summed E-state index contributed by atoms with van der Waals surface area (Å²) in [5.74, 6) is -0.521. The molecule has 2 aromatic rings. The highest BCUT2D eigenvalue weighted by atomic mass is 16.5. The molecule has 0 amide bonds. The highest BCUT2D eigenvalue weighted by Crippen LogP contribution is 2.25. The van der Waals surface area contributed by atoms with Crippen molar-refractivity contribution in [1.82, 2.24) is 5.32 Å². The van der Waals surface area contributed by atoms with Crippen molar-refractivity contribution in [2.45, 2.75) is 20.4 Å². The van der Waals surface area contributed by atoms with Crippen molar-refractivity contribution in [3.05, 3.63) is 35.6 Å². The molecule has 0 atom stereocenters. The average Bonchev–Trinajstić information content (AvgIpc) is 2.81. The zero-order valence-corrected chi connectivity index (χ0v) is 12.4. The molecule has 0 aliphatic rings. The zero-order valence-electron chi connectivity index (χ0n) is 12.4. The minimum Gasteiger partial charge on any atom is -0.475 e. The lowest BCUT2D eigenvalue weighted by Crippen LogP contribution is -2.21. The fourth-order valence-corrected chi connectivity index (χ4v) is 2.12. The van der Waals surface area contributed by atoms with Gasteiger partial charge in [-0.2, -0.15) is 0 Å². The van der Waals surface area contributed by atoms with Crippen molar-refractivity contribution < 1.29 is 19.1 Å². The van der Waals surface area contributed by atoms with Crippen LogP contribution in [0, 0.1) is 5.92 Å². The van der Waals surface area contributed by atoms with E-state index in [9.17, 15) is 9.90 Å². The molecule has 0 fully saturated rings.